The Hall–Kier alpha value is -1.81. The van der Waals surface area contributed by atoms with E-state index in [1.54, 1.807) is 0 Å². The lowest BCUT2D eigenvalue weighted by molar-refractivity contribution is -0.114. The molecule has 0 unspecified atom stereocenters. The van der Waals surface area contributed by atoms with Gasteiger partial charge in [-0.2, -0.15) is 0 Å². The van der Waals surface area contributed by atoms with Gasteiger partial charge in [0.25, 0.3) is 0 Å². The van der Waals surface area contributed by atoms with Crippen LogP contribution in [0.5, 0.6) is 0 Å². The molecule has 0 saturated heterocycles. The van der Waals surface area contributed by atoms with Crippen LogP contribution < -0.4 is 10.6 Å². The molecule has 0 heterocycles. The second-order valence-electron chi connectivity index (χ2n) is 5.18. The van der Waals surface area contributed by atoms with Crippen molar-refractivity contribution in [1.82, 2.24) is 0 Å². The maximum absolute atomic E-state index is 12.0. The molecule has 2 N–H and O–H groups in total. The smallest absolute Gasteiger partial charge is 0.243 e. The van der Waals surface area contributed by atoms with Crippen molar-refractivity contribution in [3.05, 3.63) is 57.6 Å². The molecule has 2 aromatic carbocycles. The number of benzene rings is 2. The highest BCUT2D eigenvalue weighted by Gasteiger charge is 2.06. The zero-order chi connectivity index (χ0) is 15.4. The van der Waals surface area contributed by atoms with Crippen LogP contribution in [0.2, 0.25) is 0 Å². The van der Waals surface area contributed by atoms with Crippen LogP contribution in [0.1, 0.15) is 16.7 Å². The summed E-state index contributed by atoms with van der Waals surface area (Å²) in [5, 5.41) is 6.09. The molecule has 4 heteroatoms. The fourth-order valence-electron chi connectivity index (χ4n) is 2.37. The second-order valence-corrected chi connectivity index (χ2v) is 6.10. The summed E-state index contributed by atoms with van der Waals surface area (Å²) in [5.74, 6) is -0.0586. The third kappa shape index (κ3) is 4.33. The number of amides is 1. The lowest BCUT2D eigenvalue weighted by Gasteiger charge is -2.14. The van der Waals surface area contributed by atoms with Gasteiger partial charge in [-0.15, -0.1) is 0 Å². The highest BCUT2D eigenvalue weighted by atomic mass is 79.9. The van der Waals surface area contributed by atoms with E-state index in [-0.39, 0.29) is 12.5 Å². The van der Waals surface area contributed by atoms with Crippen molar-refractivity contribution in [1.29, 1.82) is 0 Å². The second kappa shape index (κ2) is 6.76. The molecule has 0 atom stereocenters. The number of rotatable bonds is 4. The maximum atomic E-state index is 12.0. The van der Waals surface area contributed by atoms with E-state index in [0.717, 1.165) is 27.0 Å². The Labute approximate surface area is 133 Å². The maximum Gasteiger partial charge on any atom is 0.243 e. The Morgan fingerprint density at radius 3 is 2.19 bits per heavy atom. The summed E-state index contributed by atoms with van der Waals surface area (Å²) in [5.41, 5.74) is 5.37. The topological polar surface area (TPSA) is 41.1 Å². The number of nitrogens with one attached hydrogen (secondary N) is 2. The highest BCUT2D eigenvalue weighted by molar-refractivity contribution is 9.10. The first-order valence-electron chi connectivity index (χ1n) is 6.83. The molecule has 0 fully saturated rings. The molecule has 0 aliphatic rings. The first-order chi connectivity index (χ1) is 9.95. The molecule has 0 radical (unpaired) electrons. The molecule has 110 valence electrons. The van der Waals surface area contributed by atoms with Crippen molar-refractivity contribution < 1.29 is 4.79 Å². The third-order valence-corrected chi connectivity index (χ3v) is 3.76. The molecule has 0 bridgehead atoms. The Balaban J connectivity index is 1.97. The predicted molar refractivity (Wildman–Crippen MR) is 91.9 cm³/mol. The standard InChI is InChI=1S/C17H19BrN2O/c1-11-8-12(2)17(13(3)9-11)19-10-16(21)20-15-6-4-14(18)5-7-15/h4-9,19H,10H2,1-3H3,(H,20,21). The van der Waals surface area contributed by atoms with Crippen molar-refractivity contribution in [2.45, 2.75) is 20.8 Å². The summed E-state index contributed by atoms with van der Waals surface area (Å²) in [6, 6.07) is 11.8. The number of carbonyl (C=O) groups is 1. The van der Waals surface area contributed by atoms with Crippen molar-refractivity contribution in [2.24, 2.45) is 0 Å². The van der Waals surface area contributed by atoms with Gasteiger partial charge in [0, 0.05) is 15.8 Å². The molecule has 0 saturated carbocycles. The van der Waals surface area contributed by atoms with Crippen LogP contribution in [0, 0.1) is 20.8 Å². The highest BCUT2D eigenvalue weighted by Crippen LogP contribution is 2.21. The molecule has 0 aliphatic heterocycles. The van der Waals surface area contributed by atoms with Gasteiger partial charge in [-0.05, 0) is 56.2 Å². The summed E-state index contributed by atoms with van der Waals surface area (Å²) >= 11 is 3.37. The minimum absolute atomic E-state index is 0.0586. The van der Waals surface area contributed by atoms with Gasteiger partial charge >= 0.3 is 0 Å². The van der Waals surface area contributed by atoms with Crippen LogP contribution in [-0.2, 0) is 4.79 Å². The van der Waals surface area contributed by atoms with Crippen LogP contribution >= 0.6 is 15.9 Å². The summed E-state index contributed by atoms with van der Waals surface area (Å²) in [4.78, 5) is 12.0. The third-order valence-electron chi connectivity index (χ3n) is 3.23. The van der Waals surface area contributed by atoms with Crippen molar-refractivity contribution >= 4 is 33.2 Å². The van der Waals surface area contributed by atoms with E-state index in [2.05, 4.69) is 59.5 Å². The first kappa shape index (κ1) is 15.6. The summed E-state index contributed by atoms with van der Waals surface area (Å²) in [7, 11) is 0. The molecule has 0 aromatic heterocycles. The molecule has 0 spiro atoms. The minimum Gasteiger partial charge on any atom is -0.376 e. The number of anilines is 2. The van der Waals surface area contributed by atoms with Gasteiger partial charge in [0.15, 0.2) is 0 Å². The Bertz CT molecular complexity index is 627. The van der Waals surface area contributed by atoms with E-state index < -0.39 is 0 Å². The Morgan fingerprint density at radius 1 is 1.05 bits per heavy atom. The largest absolute Gasteiger partial charge is 0.376 e. The predicted octanol–water partition coefficient (Wildman–Crippen LogP) is 4.42. The van der Waals surface area contributed by atoms with Crippen LogP contribution in [0.4, 0.5) is 11.4 Å². The lowest BCUT2D eigenvalue weighted by Crippen LogP contribution is -2.22. The Kier molecular flexibility index (Phi) is 5.02. The molecule has 3 nitrogen and oxygen atoms in total. The van der Waals surface area contributed by atoms with E-state index in [0.29, 0.717) is 0 Å². The average molecular weight is 347 g/mol. The van der Waals surface area contributed by atoms with Gasteiger partial charge in [-0.1, -0.05) is 33.6 Å². The fraction of sp³-hybridized carbons (Fsp3) is 0.235. The minimum atomic E-state index is -0.0586. The molecular formula is C17H19BrN2O. The monoisotopic (exact) mass is 346 g/mol. The Morgan fingerprint density at radius 2 is 1.62 bits per heavy atom. The van der Waals surface area contributed by atoms with Gasteiger partial charge in [-0.3, -0.25) is 4.79 Å². The number of halogens is 1. The zero-order valence-electron chi connectivity index (χ0n) is 12.5. The van der Waals surface area contributed by atoms with Crippen molar-refractivity contribution in [2.75, 3.05) is 17.2 Å². The van der Waals surface area contributed by atoms with Gasteiger partial charge < -0.3 is 10.6 Å². The SMILES string of the molecule is Cc1cc(C)c(NCC(=O)Nc2ccc(Br)cc2)c(C)c1. The summed E-state index contributed by atoms with van der Waals surface area (Å²) in [6.45, 7) is 6.43. The summed E-state index contributed by atoms with van der Waals surface area (Å²) < 4.78 is 0.990. The fourth-order valence-corrected chi connectivity index (χ4v) is 2.63. The number of carbonyl (C=O) groups excluding carboxylic acids is 1. The van der Waals surface area contributed by atoms with E-state index in [4.69, 9.17) is 0 Å². The first-order valence-corrected chi connectivity index (χ1v) is 7.62. The van der Waals surface area contributed by atoms with E-state index >= 15 is 0 Å². The van der Waals surface area contributed by atoms with Gasteiger partial charge in [0.05, 0.1) is 6.54 Å². The molecule has 2 rings (SSSR count). The van der Waals surface area contributed by atoms with Gasteiger partial charge in [-0.25, -0.2) is 0 Å². The van der Waals surface area contributed by atoms with Crippen LogP contribution in [0.3, 0.4) is 0 Å². The zero-order valence-corrected chi connectivity index (χ0v) is 14.0. The van der Waals surface area contributed by atoms with E-state index in [1.807, 2.05) is 24.3 Å². The molecular weight excluding hydrogens is 328 g/mol. The van der Waals surface area contributed by atoms with Crippen LogP contribution in [-0.4, -0.2) is 12.5 Å². The lowest BCUT2D eigenvalue weighted by atomic mass is 10.1. The number of hydrogen-bond acceptors (Lipinski definition) is 2. The van der Waals surface area contributed by atoms with Gasteiger partial charge in [0.2, 0.25) is 5.91 Å². The molecule has 0 aliphatic carbocycles. The van der Waals surface area contributed by atoms with Crippen LogP contribution in [0.15, 0.2) is 40.9 Å². The summed E-state index contributed by atoms with van der Waals surface area (Å²) in [6.07, 6.45) is 0. The van der Waals surface area contributed by atoms with Crippen molar-refractivity contribution in [3.8, 4) is 0 Å². The molecule has 21 heavy (non-hydrogen) atoms. The average Bonchev–Trinajstić information content (AvgIpc) is 2.40. The van der Waals surface area contributed by atoms with Gasteiger partial charge in [0.1, 0.15) is 0 Å². The van der Waals surface area contributed by atoms with Crippen molar-refractivity contribution in [3.63, 3.8) is 0 Å². The molecule has 2 aromatic rings. The van der Waals surface area contributed by atoms with Crippen LogP contribution in [0.25, 0.3) is 0 Å². The quantitative estimate of drug-likeness (QED) is 0.859. The number of hydrogen-bond donors (Lipinski definition) is 2. The van der Waals surface area contributed by atoms with E-state index in [9.17, 15) is 4.79 Å². The number of aryl methyl sites for hydroxylation is 3. The molecule has 1 amide bonds. The normalized spacial score (nSPS) is 10.3. The van der Waals surface area contributed by atoms with E-state index in [1.165, 1.54) is 5.56 Å².